The Morgan fingerprint density at radius 2 is 1.96 bits per heavy atom. The van der Waals surface area contributed by atoms with Crippen LogP contribution in [0.1, 0.15) is 16.2 Å². The molecule has 0 aliphatic heterocycles. The molecule has 1 amide bonds. The number of hydrogen-bond acceptors (Lipinski definition) is 4. The minimum Gasteiger partial charge on any atom is -0.345 e. The van der Waals surface area contributed by atoms with E-state index in [2.05, 4.69) is 15.5 Å². The van der Waals surface area contributed by atoms with Crippen molar-refractivity contribution >= 4 is 29.3 Å². The summed E-state index contributed by atoms with van der Waals surface area (Å²) in [6, 6.07) is 16.5. The second-order valence-corrected chi connectivity index (χ2v) is 6.18. The van der Waals surface area contributed by atoms with Crippen molar-refractivity contribution in [1.82, 2.24) is 20.1 Å². The summed E-state index contributed by atoms with van der Waals surface area (Å²) in [5, 5.41) is 12.6. The Labute approximate surface area is 149 Å². The first kappa shape index (κ1) is 16.5. The molecule has 1 N–H and O–H groups in total. The Kier molecular flexibility index (Phi) is 5.17. The molecular formula is C17H15ClN4OS. The van der Waals surface area contributed by atoms with Crippen molar-refractivity contribution in [3.8, 4) is 5.69 Å². The summed E-state index contributed by atoms with van der Waals surface area (Å²) in [6.07, 6.45) is 1.93. The average molecular weight is 359 g/mol. The van der Waals surface area contributed by atoms with Crippen molar-refractivity contribution in [2.75, 3.05) is 6.26 Å². The number of rotatable bonds is 5. The molecule has 7 heteroatoms. The smallest absolute Gasteiger partial charge is 0.251 e. The molecule has 5 nitrogen and oxygen atoms in total. The van der Waals surface area contributed by atoms with Gasteiger partial charge in [0.1, 0.15) is 0 Å². The van der Waals surface area contributed by atoms with Gasteiger partial charge in [-0.1, -0.05) is 47.6 Å². The molecule has 1 heterocycles. The fraction of sp³-hybridized carbons (Fsp3) is 0.118. The van der Waals surface area contributed by atoms with E-state index >= 15 is 0 Å². The van der Waals surface area contributed by atoms with Crippen LogP contribution in [0.2, 0.25) is 5.02 Å². The molecule has 2 aromatic carbocycles. The van der Waals surface area contributed by atoms with Crippen LogP contribution in [0.5, 0.6) is 0 Å². The third-order valence-corrected chi connectivity index (χ3v) is 4.26. The lowest BCUT2D eigenvalue weighted by atomic mass is 10.2. The lowest BCUT2D eigenvalue weighted by molar-refractivity contribution is 0.0949. The van der Waals surface area contributed by atoms with Gasteiger partial charge in [-0.25, -0.2) is 0 Å². The molecular weight excluding hydrogens is 344 g/mol. The third kappa shape index (κ3) is 3.60. The molecule has 0 radical (unpaired) electrons. The van der Waals surface area contributed by atoms with Gasteiger partial charge in [0.25, 0.3) is 5.91 Å². The molecule has 1 aromatic heterocycles. The zero-order valence-electron chi connectivity index (χ0n) is 12.9. The van der Waals surface area contributed by atoms with E-state index in [4.69, 9.17) is 11.6 Å². The molecule has 0 aliphatic carbocycles. The minimum atomic E-state index is -0.151. The van der Waals surface area contributed by atoms with Crippen LogP contribution in [0.4, 0.5) is 0 Å². The molecule has 0 bridgehead atoms. The van der Waals surface area contributed by atoms with Gasteiger partial charge in [-0.15, -0.1) is 10.2 Å². The van der Waals surface area contributed by atoms with Gasteiger partial charge in [0.05, 0.1) is 12.2 Å². The normalized spacial score (nSPS) is 10.6. The predicted molar refractivity (Wildman–Crippen MR) is 95.8 cm³/mol. The van der Waals surface area contributed by atoms with Gasteiger partial charge < -0.3 is 5.32 Å². The zero-order valence-corrected chi connectivity index (χ0v) is 14.5. The molecule has 3 rings (SSSR count). The number of nitrogens with zero attached hydrogens (tertiary/aromatic N) is 3. The molecule has 24 heavy (non-hydrogen) atoms. The highest BCUT2D eigenvalue weighted by Gasteiger charge is 2.14. The molecule has 0 aliphatic rings. The summed E-state index contributed by atoms with van der Waals surface area (Å²) in [7, 11) is 0. The first-order valence-electron chi connectivity index (χ1n) is 7.26. The average Bonchev–Trinajstić information content (AvgIpc) is 3.03. The van der Waals surface area contributed by atoms with Crippen molar-refractivity contribution in [1.29, 1.82) is 0 Å². The topological polar surface area (TPSA) is 59.8 Å². The highest BCUT2D eigenvalue weighted by Crippen LogP contribution is 2.22. The van der Waals surface area contributed by atoms with Gasteiger partial charge in [-0.05, 0) is 36.6 Å². The number of aromatic nitrogens is 3. The summed E-state index contributed by atoms with van der Waals surface area (Å²) in [6.45, 7) is 0.272. The lowest BCUT2D eigenvalue weighted by Crippen LogP contribution is -2.24. The molecule has 0 atom stereocenters. The van der Waals surface area contributed by atoms with Gasteiger partial charge in [0.2, 0.25) is 0 Å². The fourth-order valence-electron chi connectivity index (χ4n) is 2.27. The van der Waals surface area contributed by atoms with Crippen LogP contribution in [0.15, 0.2) is 59.8 Å². The maximum absolute atomic E-state index is 12.2. The maximum atomic E-state index is 12.2. The van der Waals surface area contributed by atoms with E-state index in [0.29, 0.717) is 16.4 Å². The molecule has 0 saturated heterocycles. The van der Waals surface area contributed by atoms with Crippen molar-refractivity contribution in [2.45, 2.75) is 11.7 Å². The van der Waals surface area contributed by atoms with Gasteiger partial charge in [-0.3, -0.25) is 9.36 Å². The van der Waals surface area contributed by atoms with E-state index in [1.807, 2.05) is 53.3 Å². The lowest BCUT2D eigenvalue weighted by Gasteiger charge is -2.10. The summed E-state index contributed by atoms with van der Waals surface area (Å²) in [5.74, 6) is 0.493. The van der Waals surface area contributed by atoms with Gasteiger partial charge in [0.15, 0.2) is 11.0 Å². The first-order valence-corrected chi connectivity index (χ1v) is 8.87. The molecule has 0 saturated carbocycles. The Bertz CT molecular complexity index is 851. The number of halogens is 1. The van der Waals surface area contributed by atoms with Gasteiger partial charge in [0, 0.05) is 10.6 Å². The highest BCUT2D eigenvalue weighted by molar-refractivity contribution is 7.98. The van der Waals surface area contributed by atoms with Crippen LogP contribution in [0, 0.1) is 0 Å². The van der Waals surface area contributed by atoms with E-state index in [-0.39, 0.29) is 12.5 Å². The first-order chi connectivity index (χ1) is 11.7. The summed E-state index contributed by atoms with van der Waals surface area (Å²) >= 11 is 7.57. The Balaban J connectivity index is 1.84. The van der Waals surface area contributed by atoms with E-state index in [1.54, 1.807) is 12.1 Å². The van der Waals surface area contributed by atoms with E-state index in [0.717, 1.165) is 10.8 Å². The standard InChI is InChI=1S/C17H15ClN4OS/c1-24-17-21-20-15(22(17)14-9-5-8-13(18)10-14)11-19-16(23)12-6-3-2-4-7-12/h2-10H,11H2,1H3,(H,19,23). The summed E-state index contributed by atoms with van der Waals surface area (Å²) in [5.41, 5.74) is 1.47. The number of benzene rings is 2. The SMILES string of the molecule is CSc1nnc(CNC(=O)c2ccccc2)n1-c1cccc(Cl)c1. The molecule has 0 spiro atoms. The van der Waals surface area contributed by atoms with Crippen LogP contribution >= 0.6 is 23.4 Å². The van der Waals surface area contributed by atoms with E-state index in [9.17, 15) is 4.79 Å². The summed E-state index contributed by atoms with van der Waals surface area (Å²) in [4.78, 5) is 12.2. The van der Waals surface area contributed by atoms with Crippen molar-refractivity contribution < 1.29 is 4.79 Å². The van der Waals surface area contributed by atoms with Crippen LogP contribution in [-0.2, 0) is 6.54 Å². The van der Waals surface area contributed by atoms with Crippen LogP contribution in [-0.4, -0.2) is 26.9 Å². The van der Waals surface area contributed by atoms with Crippen LogP contribution in [0.3, 0.4) is 0 Å². The minimum absolute atomic E-state index is 0.151. The molecule has 122 valence electrons. The van der Waals surface area contributed by atoms with E-state index in [1.165, 1.54) is 11.8 Å². The number of thioether (sulfide) groups is 1. The van der Waals surface area contributed by atoms with Crippen molar-refractivity contribution in [3.05, 3.63) is 71.0 Å². The highest BCUT2D eigenvalue weighted by atomic mass is 35.5. The fourth-order valence-corrected chi connectivity index (χ4v) is 2.97. The Morgan fingerprint density at radius 1 is 1.17 bits per heavy atom. The monoisotopic (exact) mass is 358 g/mol. The molecule has 0 unspecified atom stereocenters. The van der Waals surface area contributed by atoms with Gasteiger partial charge in [-0.2, -0.15) is 0 Å². The number of hydrogen-bond donors (Lipinski definition) is 1. The van der Waals surface area contributed by atoms with E-state index < -0.39 is 0 Å². The van der Waals surface area contributed by atoms with Crippen LogP contribution < -0.4 is 5.32 Å². The second kappa shape index (κ2) is 7.51. The molecule has 0 fully saturated rings. The Hall–Kier alpha value is -2.31. The van der Waals surface area contributed by atoms with Crippen LogP contribution in [0.25, 0.3) is 5.69 Å². The zero-order chi connectivity index (χ0) is 16.9. The van der Waals surface area contributed by atoms with Crippen molar-refractivity contribution in [3.63, 3.8) is 0 Å². The Morgan fingerprint density at radius 3 is 2.67 bits per heavy atom. The largest absolute Gasteiger partial charge is 0.345 e. The number of carbonyl (C=O) groups excluding carboxylic acids is 1. The predicted octanol–water partition coefficient (Wildman–Crippen LogP) is 3.57. The second-order valence-electron chi connectivity index (χ2n) is 4.97. The molecule has 3 aromatic rings. The number of carbonyl (C=O) groups is 1. The number of nitrogens with one attached hydrogen (secondary N) is 1. The maximum Gasteiger partial charge on any atom is 0.251 e. The third-order valence-electron chi connectivity index (χ3n) is 3.39. The van der Waals surface area contributed by atoms with Gasteiger partial charge >= 0.3 is 0 Å². The summed E-state index contributed by atoms with van der Waals surface area (Å²) < 4.78 is 1.89. The number of amides is 1. The van der Waals surface area contributed by atoms with Crippen molar-refractivity contribution in [2.24, 2.45) is 0 Å². The quantitative estimate of drug-likeness (QED) is 0.708.